The molecule has 2 aromatic rings. The van der Waals surface area contributed by atoms with Gasteiger partial charge in [-0.3, -0.25) is 0 Å². The van der Waals surface area contributed by atoms with Crippen LogP contribution in [0.4, 0.5) is 0 Å². The molecule has 0 aliphatic heterocycles. The SMILES string of the molecule is COc1cc(CNCCN(C)C)ccc1OCc1cccs1. The molecule has 0 unspecified atom stereocenters. The summed E-state index contributed by atoms with van der Waals surface area (Å²) in [7, 11) is 5.82. The summed E-state index contributed by atoms with van der Waals surface area (Å²) in [6.45, 7) is 3.40. The standard InChI is InChI=1S/C17H24N2O2S/c1-19(2)9-8-18-12-14-6-7-16(17(11-14)20-3)21-13-15-5-4-10-22-15/h4-7,10-11,18H,8-9,12-13H2,1-3H3. The van der Waals surface area contributed by atoms with Gasteiger partial charge < -0.3 is 19.7 Å². The lowest BCUT2D eigenvalue weighted by Crippen LogP contribution is -2.26. The van der Waals surface area contributed by atoms with Gasteiger partial charge in [0.25, 0.3) is 0 Å². The summed E-state index contributed by atoms with van der Waals surface area (Å²) in [4.78, 5) is 3.37. The van der Waals surface area contributed by atoms with Crippen molar-refractivity contribution in [3.63, 3.8) is 0 Å². The lowest BCUT2D eigenvalue weighted by Gasteiger charge is -2.13. The Bertz CT molecular complexity index is 556. The number of rotatable bonds is 9. The number of ether oxygens (including phenoxy) is 2. The second-order valence-corrected chi connectivity index (χ2v) is 6.37. The molecule has 22 heavy (non-hydrogen) atoms. The van der Waals surface area contributed by atoms with E-state index in [2.05, 4.69) is 41.8 Å². The van der Waals surface area contributed by atoms with Gasteiger partial charge in [0.1, 0.15) is 6.61 Å². The molecule has 0 amide bonds. The van der Waals surface area contributed by atoms with E-state index in [0.29, 0.717) is 6.61 Å². The summed E-state index contributed by atoms with van der Waals surface area (Å²) in [6.07, 6.45) is 0. The monoisotopic (exact) mass is 320 g/mol. The van der Waals surface area contributed by atoms with Crippen LogP contribution in [-0.2, 0) is 13.2 Å². The zero-order chi connectivity index (χ0) is 15.8. The van der Waals surface area contributed by atoms with Gasteiger partial charge >= 0.3 is 0 Å². The van der Waals surface area contributed by atoms with Gasteiger partial charge in [-0.2, -0.15) is 0 Å². The predicted octanol–water partition coefficient (Wildman–Crippen LogP) is 2.99. The van der Waals surface area contributed by atoms with Crippen LogP contribution in [0.25, 0.3) is 0 Å². The summed E-state index contributed by atoms with van der Waals surface area (Å²) in [5.41, 5.74) is 1.19. The van der Waals surface area contributed by atoms with E-state index in [0.717, 1.165) is 31.1 Å². The molecule has 0 fully saturated rings. The van der Waals surface area contributed by atoms with Crippen LogP contribution in [0.2, 0.25) is 0 Å². The van der Waals surface area contributed by atoms with E-state index in [1.54, 1.807) is 18.4 Å². The molecule has 0 radical (unpaired) electrons. The minimum Gasteiger partial charge on any atom is -0.493 e. The van der Waals surface area contributed by atoms with Crippen LogP contribution in [0.5, 0.6) is 11.5 Å². The highest BCUT2D eigenvalue weighted by Crippen LogP contribution is 2.29. The highest BCUT2D eigenvalue weighted by Gasteiger charge is 2.06. The Morgan fingerprint density at radius 2 is 2.05 bits per heavy atom. The third-order valence-electron chi connectivity index (χ3n) is 3.24. The van der Waals surface area contributed by atoms with Gasteiger partial charge in [0.2, 0.25) is 0 Å². The van der Waals surface area contributed by atoms with Crippen molar-refractivity contribution in [3.8, 4) is 11.5 Å². The maximum absolute atomic E-state index is 5.84. The highest BCUT2D eigenvalue weighted by atomic mass is 32.1. The molecular formula is C17H24N2O2S. The van der Waals surface area contributed by atoms with Crippen LogP contribution < -0.4 is 14.8 Å². The Morgan fingerprint density at radius 1 is 1.18 bits per heavy atom. The number of likely N-dealkylation sites (N-methyl/N-ethyl adjacent to an activating group) is 1. The van der Waals surface area contributed by atoms with Gasteiger partial charge in [-0.25, -0.2) is 0 Å². The number of benzene rings is 1. The number of thiophene rings is 1. The zero-order valence-corrected chi connectivity index (χ0v) is 14.3. The van der Waals surface area contributed by atoms with Crippen LogP contribution in [-0.4, -0.2) is 39.2 Å². The Kier molecular flexibility index (Phi) is 6.71. The topological polar surface area (TPSA) is 33.7 Å². The number of nitrogens with zero attached hydrogens (tertiary/aromatic N) is 1. The Labute approximate surface area is 136 Å². The number of nitrogens with one attached hydrogen (secondary N) is 1. The van der Waals surface area contributed by atoms with Crippen molar-refractivity contribution >= 4 is 11.3 Å². The molecule has 0 aliphatic rings. The Hall–Kier alpha value is -1.56. The average Bonchev–Trinajstić information content (AvgIpc) is 3.03. The fraction of sp³-hybridized carbons (Fsp3) is 0.412. The van der Waals surface area contributed by atoms with Crippen molar-refractivity contribution in [2.45, 2.75) is 13.2 Å². The second kappa shape index (κ2) is 8.78. The molecule has 0 aliphatic carbocycles. The molecule has 4 nitrogen and oxygen atoms in total. The minimum atomic E-state index is 0.578. The molecule has 0 saturated heterocycles. The van der Waals surface area contributed by atoms with Crippen molar-refractivity contribution in [2.24, 2.45) is 0 Å². The van der Waals surface area contributed by atoms with Crippen LogP contribution in [0.3, 0.4) is 0 Å². The quantitative estimate of drug-likeness (QED) is 0.720. The van der Waals surface area contributed by atoms with Crippen LogP contribution in [0.15, 0.2) is 35.7 Å². The molecule has 120 valence electrons. The van der Waals surface area contributed by atoms with Crippen molar-refractivity contribution in [2.75, 3.05) is 34.3 Å². The van der Waals surface area contributed by atoms with Crippen molar-refractivity contribution in [1.29, 1.82) is 0 Å². The second-order valence-electron chi connectivity index (χ2n) is 5.33. The normalized spacial score (nSPS) is 10.9. The lowest BCUT2D eigenvalue weighted by atomic mass is 10.2. The van der Waals surface area contributed by atoms with Gasteiger partial charge in [0, 0.05) is 24.5 Å². The molecule has 0 bridgehead atoms. The number of hydrogen-bond acceptors (Lipinski definition) is 5. The van der Waals surface area contributed by atoms with E-state index in [1.807, 2.05) is 18.2 Å². The first-order chi connectivity index (χ1) is 10.7. The van der Waals surface area contributed by atoms with E-state index in [9.17, 15) is 0 Å². The Balaban J connectivity index is 1.89. The predicted molar refractivity (Wildman–Crippen MR) is 91.9 cm³/mol. The van der Waals surface area contributed by atoms with Crippen molar-refractivity contribution in [3.05, 3.63) is 46.2 Å². The van der Waals surface area contributed by atoms with Gasteiger partial charge in [0.05, 0.1) is 7.11 Å². The molecule has 1 aromatic heterocycles. The maximum Gasteiger partial charge on any atom is 0.161 e. The summed E-state index contributed by atoms with van der Waals surface area (Å²) in [6, 6.07) is 10.2. The molecule has 0 spiro atoms. The number of hydrogen-bond donors (Lipinski definition) is 1. The summed E-state index contributed by atoms with van der Waals surface area (Å²) < 4.78 is 11.3. The molecular weight excluding hydrogens is 296 g/mol. The zero-order valence-electron chi connectivity index (χ0n) is 13.5. The lowest BCUT2D eigenvalue weighted by molar-refractivity contribution is 0.287. The third kappa shape index (κ3) is 5.33. The molecule has 1 heterocycles. The third-order valence-corrected chi connectivity index (χ3v) is 4.09. The molecule has 0 atom stereocenters. The smallest absolute Gasteiger partial charge is 0.161 e. The van der Waals surface area contributed by atoms with Crippen molar-refractivity contribution in [1.82, 2.24) is 10.2 Å². The van der Waals surface area contributed by atoms with E-state index in [4.69, 9.17) is 9.47 Å². The summed E-state index contributed by atoms with van der Waals surface area (Å²) in [5, 5.41) is 5.48. The van der Waals surface area contributed by atoms with E-state index in [1.165, 1.54) is 10.4 Å². The molecule has 1 aromatic carbocycles. The Morgan fingerprint density at radius 3 is 2.73 bits per heavy atom. The fourth-order valence-corrected chi connectivity index (χ4v) is 2.64. The molecule has 2 rings (SSSR count). The fourth-order valence-electron chi connectivity index (χ4n) is 2.02. The first-order valence-electron chi connectivity index (χ1n) is 7.36. The van der Waals surface area contributed by atoms with Crippen LogP contribution >= 0.6 is 11.3 Å². The maximum atomic E-state index is 5.84. The number of methoxy groups -OCH3 is 1. The molecule has 1 N–H and O–H groups in total. The van der Waals surface area contributed by atoms with Gasteiger partial charge in [-0.1, -0.05) is 12.1 Å². The van der Waals surface area contributed by atoms with Crippen molar-refractivity contribution < 1.29 is 9.47 Å². The first-order valence-corrected chi connectivity index (χ1v) is 8.24. The first kappa shape index (κ1) is 16.8. The summed E-state index contributed by atoms with van der Waals surface area (Å²) in [5.74, 6) is 1.57. The average molecular weight is 320 g/mol. The van der Waals surface area contributed by atoms with Gasteiger partial charge in [0.15, 0.2) is 11.5 Å². The van der Waals surface area contributed by atoms with Crippen LogP contribution in [0, 0.1) is 0 Å². The van der Waals surface area contributed by atoms with Gasteiger partial charge in [-0.15, -0.1) is 11.3 Å². The highest BCUT2D eigenvalue weighted by molar-refractivity contribution is 7.09. The van der Waals surface area contributed by atoms with E-state index in [-0.39, 0.29) is 0 Å². The molecule has 5 heteroatoms. The minimum absolute atomic E-state index is 0.578. The van der Waals surface area contributed by atoms with Gasteiger partial charge in [-0.05, 0) is 43.2 Å². The van der Waals surface area contributed by atoms with Crippen LogP contribution in [0.1, 0.15) is 10.4 Å². The van der Waals surface area contributed by atoms with E-state index < -0.39 is 0 Å². The molecule has 0 saturated carbocycles. The summed E-state index contributed by atoms with van der Waals surface area (Å²) >= 11 is 1.69. The van der Waals surface area contributed by atoms with E-state index >= 15 is 0 Å². The largest absolute Gasteiger partial charge is 0.493 e.